The van der Waals surface area contributed by atoms with Crippen LogP contribution in [-0.2, 0) is 9.53 Å². The van der Waals surface area contributed by atoms with Crippen LogP contribution in [0.25, 0.3) is 0 Å². The highest BCUT2D eigenvalue weighted by atomic mass is 35.5. The van der Waals surface area contributed by atoms with E-state index in [2.05, 4.69) is 9.97 Å². The first-order valence-corrected chi connectivity index (χ1v) is 7.32. The SMILES string of the molecule is COC1CC(C(=O)O)N(C(=O)c2nc(C(C)C)ncc2Cl)C1. The number of halogens is 1. The van der Waals surface area contributed by atoms with Crippen molar-refractivity contribution in [3.63, 3.8) is 0 Å². The normalized spacial score (nSPS) is 21.4. The third-order valence-corrected chi connectivity index (χ3v) is 3.90. The van der Waals surface area contributed by atoms with E-state index in [0.29, 0.717) is 5.82 Å². The first-order valence-electron chi connectivity index (χ1n) is 6.94. The molecule has 22 heavy (non-hydrogen) atoms. The monoisotopic (exact) mass is 327 g/mol. The fraction of sp³-hybridized carbons (Fsp3) is 0.571. The smallest absolute Gasteiger partial charge is 0.326 e. The van der Waals surface area contributed by atoms with Crippen LogP contribution in [-0.4, -0.2) is 57.7 Å². The molecule has 1 aromatic rings. The summed E-state index contributed by atoms with van der Waals surface area (Å²) in [6.07, 6.45) is 1.31. The Morgan fingerprint density at radius 3 is 2.73 bits per heavy atom. The van der Waals surface area contributed by atoms with Crippen molar-refractivity contribution in [3.05, 3.63) is 22.7 Å². The number of hydrogen-bond donors (Lipinski definition) is 1. The summed E-state index contributed by atoms with van der Waals surface area (Å²) in [5.41, 5.74) is 0.0309. The average molecular weight is 328 g/mol. The molecular weight excluding hydrogens is 310 g/mol. The van der Waals surface area contributed by atoms with Gasteiger partial charge in [-0.25, -0.2) is 14.8 Å². The number of methoxy groups -OCH3 is 1. The summed E-state index contributed by atoms with van der Waals surface area (Å²) >= 11 is 6.02. The zero-order valence-electron chi connectivity index (χ0n) is 12.6. The predicted octanol–water partition coefficient (Wildman–Crippen LogP) is 1.57. The number of aromatic nitrogens is 2. The van der Waals surface area contributed by atoms with Crippen molar-refractivity contribution in [1.82, 2.24) is 14.9 Å². The number of likely N-dealkylation sites (tertiary alicyclic amines) is 1. The van der Waals surface area contributed by atoms with Gasteiger partial charge in [-0.05, 0) is 0 Å². The Morgan fingerprint density at radius 2 is 2.18 bits per heavy atom. The number of amides is 1. The van der Waals surface area contributed by atoms with Gasteiger partial charge in [0.05, 0.1) is 17.3 Å². The fourth-order valence-electron chi connectivity index (χ4n) is 2.37. The third-order valence-electron chi connectivity index (χ3n) is 3.62. The lowest BCUT2D eigenvalue weighted by atomic mass is 10.2. The topological polar surface area (TPSA) is 92.6 Å². The van der Waals surface area contributed by atoms with Gasteiger partial charge < -0.3 is 14.7 Å². The number of hydrogen-bond acceptors (Lipinski definition) is 5. The molecule has 0 aromatic carbocycles. The lowest BCUT2D eigenvalue weighted by molar-refractivity contribution is -0.141. The molecule has 0 saturated carbocycles. The molecule has 1 aromatic heterocycles. The third kappa shape index (κ3) is 3.20. The van der Waals surface area contributed by atoms with Crippen LogP contribution in [0, 0.1) is 0 Å². The van der Waals surface area contributed by atoms with Gasteiger partial charge in [-0.2, -0.15) is 0 Å². The summed E-state index contributed by atoms with van der Waals surface area (Å²) in [5.74, 6) is -1.06. The molecule has 2 unspecified atom stereocenters. The van der Waals surface area contributed by atoms with E-state index in [1.807, 2.05) is 13.8 Å². The molecule has 120 valence electrons. The maximum atomic E-state index is 12.7. The van der Waals surface area contributed by atoms with E-state index in [-0.39, 0.29) is 35.7 Å². The highest BCUT2D eigenvalue weighted by Crippen LogP contribution is 2.25. The molecule has 0 bridgehead atoms. The minimum absolute atomic E-state index is 0.0309. The van der Waals surface area contributed by atoms with E-state index in [4.69, 9.17) is 16.3 Å². The van der Waals surface area contributed by atoms with Crippen LogP contribution in [0.2, 0.25) is 5.02 Å². The van der Waals surface area contributed by atoms with Crippen molar-refractivity contribution < 1.29 is 19.4 Å². The minimum atomic E-state index is -1.07. The number of aliphatic carboxylic acids is 1. The van der Waals surface area contributed by atoms with Crippen molar-refractivity contribution >= 4 is 23.5 Å². The Bertz CT molecular complexity index is 593. The molecule has 7 nitrogen and oxygen atoms in total. The van der Waals surface area contributed by atoms with Gasteiger partial charge in [-0.15, -0.1) is 0 Å². The fourth-order valence-corrected chi connectivity index (χ4v) is 2.54. The summed E-state index contributed by atoms with van der Waals surface area (Å²) < 4.78 is 5.18. The molecule has 1 aliphatic heterocycles. The Balaban J connectivity index is 2.34. The summed E-state index contributed by atoms with van der Waals surface area (Å²) in [7, 11) is 1.49. The molecular formula is C14H18ClN3O4. The van der Waals surface area contributed by atoms with E-state index in [1.165, 1.54) is 18.2 Å². The molecule has 2 rings (SSSR count). The van der Waals surface area contributed by atoms with E-state index in [0.717, 1.165) is 0 Å². The summed E-state index contributed by atoms with van der Waals surface area (Å²) in [4.78, 5) is 33.5. The van der Waals surface area contributed by atoms with E-state index >= 15 is 0 Å². The average Bonchev–Trinajstić information content (AvgIpc) is 2.91. The molecule has 0 aliphatic carbocycles. The van der Waals surface area contributed by atoms with Gasteiger partial charge in [-0.3, -0.25) is 4.79 Å². The lowest BCUT2D eigenvalue weighted by Gasteiger charge is -2.21. The predicted molar refractivity (Wildman–Crippen MR) is 79.0 cm³/mol. The Morgan fingerprint density at radius 1 is 1.50 bits per heavy atom. The first kappa shape index (κ1) is 16.6. The van der Waals surface area contributed by atoms with Gasteiger partial charge in [-0.1, -0.05) is 25.4 Å². The first-order chi connectivity index (χ1) is 10.3. The number of ether oxygens (including phenoxy) is 1. The van der Waals surface area contributed by atoms with Gasteiger partial charge in [0, 0.05) is 26.0 Å². The quantitative estimate of drug-likeness (QED) is 0.902. The molecule has 8 heteroatoms. The van der Waals surface area contributed by atoms with Gasteiger partial charge in [0.25, 0.3) is 5.91 Å². The highest BCUT2D eigenvalue weighted by molar-refractivity contribution is 6.33. The number of carbonyl (C=O) groups excluding carboxylic acids is 1. The number of nitrogens with zero attached hydrogens (tertiary/aromatic N) is 3. The van der Waals surface area contributed by atoms with Crippen LogP contribution >= 0.6 is 11.6 Å². The van der Waals surface area contributed by atoms with E-state index in [1.54, 1.807) is 0 Å². The van der Waals surface area contributed by atoms with Crippen molar-refractivity contribution in [3.8, 4) is 0 Å². The molecule has 0 spiro atoms. The molecule has 1 N–H and O–H groups in total. The molecule has 2 heterocycles. The molecule has 1 fully saturated rings. The molecule has 1 aliphatic rings. The van der Waals surface area contributed by atoms with Gasteiger partial charge in [0.15, 0.2) is 5.69 Å². The minimum Gasteiger partial charge on any atom is -0.480 e. The van der Waals surface area contributed by atoms with Gasteiger partial charge in [0.2, 0.25) is 0 Å². The van der Waals surface area contributed by atoms with E-state index in [9.17, 15) is 14.7 Å². The van der Waals surface area contributed by atoms with E-state index < -0.39 is 17.9 Å². The maximum Gasteiger partial charge on any atom is 0.326 e. The standard InChI is InChI=1S/C14H18ClN3O4/c1-7(2)12-16-5-9(15)11(17-12)13(19)18-6-8(22-3)4-10(18)14(20)21/h5,7-8,10H,4,6H2,1-3H3,(H,20,21). The van der Waals surface area contributed by atoms with Crippen molar-refractivity contribution in [2.24, 2.45) is 0 Å². The van der Waals surface area contributed by atoms with Crippen LogP contribution in [0.4, 0.5) is 0 Å². The summed E-state index contributed by atoms with van der Waals surface area (Å²) in [6, 6.07) is -0.939. The second kappa shape index (κ2) is 6.58. The summed E-state index contributed by atoms with van der Waals surface area (Å²) in [5, 5.41) is 9.40. The van der Waals surface area contributed by atoms with Crippen LogP contribution < -0.4 is 0 Å². The highest BCUT2D eigenvalue weighted by Gasteiger charge is 2.41. The Hall–Kier alpha value is -1.73. The number of carboxylic acids is 1. The molecule has 2 atom stereocenters. The zero-order valence-corrected chi connectivity index (χ0v) is 13.4. The van der Waals surface area contributed by atoms with Crippen molar-refractivity contribution in [2.45, 2.75) is 38.3 Å². The lowest BCUT2D eigenvalue weighted by Crippen LogP contribution is -2.41. The van der Waals surface area contributed by atoms with Gasteiger partial charge >= 0.3 is 5.97 Å². The Kier molecular flexibility index (Phi) is 4.97. The van der Waals surface area contributed by atoms with Gasteiger partial charge in [0.1, 0.15) is 11.9 Å². The van der Waals surface area contributed by atoms with Crippen LogP contribution in [0.1, 0.15) is 42.5 Å². The second-order valence-electron chi connectivity index (χ2n) is 5.48. The molecule has 1 amide bonds. The Labute approximate surface area is 133 Å². The number of carboxylic acid groups (broad SMARTS) is 1. The van der Waals surface area contributed by atoms with Crippen molar-refractivity contribution in [1.29, 1.82) is 0 Å². The largest absolute Gasteiger partial charge is 0.480 e. The van der Waals surface area contributed by atoms with Crippen LogP contribution in [0.5, 0.6) is 0 Å². The van der Waals surface area contributed by atoms with Crippen LogP contribution in [0.15, 0.2) is 6.20 Å². The number of rotatable bonds is 4. The number of carbonyl (C=O) groups is 2. The van der Waals surface area contributed by atoms with Crippen molar-refractivity contribution in [2.75, 3.05) is 13.7 Å². The summed E-state index contributed by atoms with van der Waals surface area (Å²) in [6.45, 7) is 3.99. The zero-order chi connectivity index (χ0) is 16.4. The maximum absolute atomic E-state index is 12.7. The van der Waals surface area contributed by atoms with Crippen LogP contribution in [0.3, 0.4) is 0 Å². The second-order valence-corrected chi connectivity index (χ2v) is 5.89. The molecule has 1 saturated heterocycles. The molecule has 0 radical (unpaired) electrons.